The molecule has 2 aliphatic heterocycles. The Kier molecular flexibility index (Phi) is 7.78. The maximum absolute atomic E-state index is 15.3. The molecule has 226 valence electrons. The predicted octanol–water partition coefficient (Wildman–Crippen LogP) is 6.18. The number of pyridine rings is 1. The van der Waals surface area contributed by atoms with Gasteiger partial charge < -0.3 is 19.1 Å². The van der Waals surface area contributed by atoms with Crippen molar-refractivity contribution in [3.63, 3.8) is 0 Å². The van der Waals surface area contributed by atoms with Crippen LogP contribution in [0.2, 0.25) is 5.02 Å². The van der Waals surface area contributed by atoms with Crippen molar-refractivity contribution in [2.75, 3.05) is 13.2 Å². The van der Waals surface area contributed by atoms with Crippen molar-refractivity contribution in [1.29, 1.82) is 0 Å². The van der Waals surface area contributed by atoms with Gasteiger partial charge in [-0.25, -0.2) is 19.2 Å². The Labute approximate surface area is 248 Å². The molecule has 0 aliphatic carbocycles. The van der Waals surface area contributed by atoms with Crippen molar-refractivity contribution in [2.45, 2.75) is 58.3 Å². The molecule has 0 amide bonds. The first-order valence-corrected chi connectivity index (χ1v) is 14.1. The highest BCUT2D eigenvalue weighted by atomic mass is 35.5. The first kappa shape index (κ1) is 29.3. The summed E-state index contributed by atoms with van der Waals surface area (Å²) in [6.45, 7) is 3.41. The highest BCUT2D eigenvalue weighted by Gasteiger charge is 2.37. The van der Waals surface area contributed by atoms with Crippen LogP contribution in [0.25, 0.3) is 11.0 Å². The smallest absolute Gasteiger partial charge is 0.421 e. The summed E-state index contributed by atoms with van der Waals surface area (Å²) in [6.07, 6.45) is -3.74. The number of hydrogen-bond donors (Lipinski definition) is 1. The molecule has 4 aromatic rings. The summed E-state index contributed by atoms with van der Waals surface area (Å²) in [7, 11) is 0. The summed E-state index contributed by atoms with van der Waals surface area (Å²) in [5, 5.41) is 9.83. The van der Waals surface area contributed by atoms with Gasteiger partial charge >= 0.3 is 12.1 Å². The minimum atomic E-state index is -4.67. The lowest BCUT2D eigenvalue weighted by molar-refractivity contribution is -0.139. The molecule has 0 radical (unpaired) electrons. The first-order valence-electron chi connectivity index (χ1n) is 13.7. The number of carboxylic acid groups (broad SMARTS) is 1. The van der Waals surface area contributed by atoms with Crippen LogP contribution in [0.4, 0.5) is 17.6 Å². The fourth-order valence-corrected chi connectivity index (χ4v) is 5.69. The standard InChI is InChI=1S/C30H27ClF4N4O4/c1-16-2-3-18(22(31)10-16)15-43-28-21(30(33,34)35)11-17-6-8-38(13-24(17)37-28)14-25-36-23-5-4-20(29(40)41)26(32)27(23)39(25)12-19-7-9-42-19/h2-5,10-11,19H,6-9,12-15H2,1H3,(H,40,41)/t19-/m0/s1. The molecule has 1 fully saturated rings. The minimum Gasteiger partial charge on any atom is -0.478 e. The molecule has 0 bridgehead atoms. The Balaban J connectivity index is 1.29. The topological polar surface area (TPSA) is 89.7 Å². The lowest BCUT2D eigenvalue weighted by atomic mass is 10.0. The van der Waals surface area contributed by atoms with Gasteiger partial charge in [-0.2, -0.15) is 13.2 Å². The fourth-order valence-electron chi connectivity index (χ4n) is 5.40. The zero-order valence-electron chi connectivity index (χ0n) is 23.0. The van der Waals surface area contributed by atoms with Crippen LogP contribution in [0.1, 0.15) is 50.6 Å². The quantitative estimate of drug-likeness (QED) is 0.236. The lowest BCUT2D eigenvalue weighted by Crippen LogP contribution is -2.35. The average molecular weight is 619 g/mol. The Morgan fingerprint density at radius 3 is 2.67 bits per heavy atom. The van der Waals surface area contributed by atoms with Gasteiger partial charge in [0.05, 0.1) is 36.0 Å². The van der Waals surface area contributed by atoms with Crippen molar-refractivity contribution in [3.8, 4) is 5.88 Å². The fraction of sp³-hybridized carbons (Fsp3) is 0.367. The van der Waals surface area contributed by atoms with Crippen LogP contribution < -0.4 is 4.74 Å². The van der Waals surface area contributed by atoms with Crippen molar-refractivity contribution < 1.29 is 36.9 Å². The third-order valence-electron chi connectivity index (χ3n) is 7.81. The molecule has 2 aromatic heterocycles. The lowest BCUT2D eigenvalue weighted by Gasteiger charge is -2.30. The van der Waals surface area contributed by atoms with E-state index < -0.39 is 35.0 Å². The number of rotatable bonds is 8. The van der Waals surface area contributed by atoms with Crippen molar-refractivity contribution >= 4 is 28.6 Å². The second-order valence-corrected chi connectivity index (χ2v) is 11.2. The number of ether oxygens (including phenoxy) is 2. The van der Waals surface area contributed by atoms with Crippen molar-refractivity contribution in [3.05, 3.63) is 86.6 Å². The molecule has 0 spiro atoms. The van der Waals surface area contributed by atoms with Crippen LogP contribution in [-0.4, -0.2) is 49.8 Å². The third-order valence-corrected chi connectivity index (χ3v) is 8.16. The van der Waals surface area contributed by atoms with Gasteiger partial charge in [0.15, 0.2) is 5.82 Å². The summed E-state index contributed by atoms with van der Waals surface area (Å²) in [4.78, 5) is 22.5. The van der Waals surface area contributed by atoms with Gasteiger partial charge in [-0.15, -0.1) is 0 Å². The van der Waals surface area contributed by atoms with E-state index in [0.717, 1.165) is 18.1 Å². The molecule has 1 N–H and O–H groups in total. The molecule has 4 heterocycles. The number of halogens is 5. The van der Waals surface area contributed by atoms with Crippen LogP contribution in [-0.2, 0) is 43.6 Å². The number of carboxylic acids is 1. The van der Waals surface area contributed by atoms with Gasteiger partial charge in [0.25, 0.3) is 0 Å². The van der Waals surface area contributed by atoms with Gasteiger partial charge in [0.1, 0.15) is 23.5 Å². The summed E-state index contributed by atoms with van der Waals surface area (Å²) < 4.78 is 70.1. The number of benzene rings is 2. The van der Waals surface area contributed by atoms with E-state index in [4.69, 9.17) is 21.1 Å². The maximum atomic E-state index is 15.3. The SMILES string of the molecule is Cc1ccc(COc2nc3c(cc2C(F)(F)F)CCN(Cc2nc4ccc(C(=O)O)c(F)c4n2C[C@@H]2CCO2)C3)c(Cl)c1. The van der Waals surface area contributed by atoms with Crippen LogP contribution in [0.3, 0.4) is 0 Å². The third kappa shape index (κ3) is 5.91. The van der Waals surface area contributed by atoms with E-state index in [0.29, 0.717) is 59.3 Å². The van der Waals surface area contributed by atoms with E-state index in [-0.39, 0.29) is 31.3 Å². The van der Waals surface area contributed by atoms with E-state index in [1.165, 1.54) is 12.1 Å². The molecular weight excluding hydrogens is 592 g/mol. The number of alkyl halides is 3. The molecule has 0 unspecified atom stereocenters. The van der Waals surface area contributed by atoms with Gasteiger partial charge in [-0.1, -0.05) is 23.7 Å². The Morgan fingerprint density at radius 1 is 1.21 bits per heavy atom. The minimum absolute atomic E-state index is 0.0845. The Bertz CT molecular complexity index is 1720. The molecule has 2 aromatic carbocycles. The van der Waals surface area contributed by atoms with E-state index in [9.17, 15) is 23.1 Å². The van der Waals surface area contributed by atoms with E-state index in [1.54, 1.807) is 22.8 Å². The second kappa shape index (κ2) is 11.4. The monoisotopic (exact) mass is 618 g/mol. The molecule has 2 aliphatic rings. The van der Waals surface area contributed by atoms with Crippen molar-refractivity contribution in [2.24, 2.45) is 0 Å². The summed E-state index contributed by atoms with van der Waals surface area (Å²) in [5.41, 5.74) is 1.35. The number of aromatic nitrogens is 3. The predicted molar refractivity (Wildman–Crippen MR) is 149 cm³/mol. The van der Waals surface area contributed by atoms with Crippen LogP contribution in [0.5, 0.6) is 5.88 Å². The zero-order valence-corrected chi connectivity index (χ0v) is 23.8. The highest BCUT2D eigenvalue weighted by Crippen LogP contribution is 2.38. The van der Waals surface area contributed by atoms with Crippen LogP contribution in [0, 0.1) is 12.7 Å². The summed E-state index contributed by atoms with van der Waals surface area (Å²) in [5.74, 6) is -2.28. The maximum Gasteiger partial charge on any atom is 0.421 e. The normalized spacial score (nSPS) is 17.1. The first-order chi connectivity index (χ1) is 20.5. The number of hydrogen-bond acceptors (Lipinski definition) is 6. The Hall–Kier alpha value is -3.74. The summed E-state index contributed by atoms with van der Waals surface area (Å²) >= 11 is 6.26. The van der Waals surface area contributed by atoms with Crippen LogP contribution in [0.15, 0.2) is 36.4 Å². The number of aryl methyl sites for hydroxylation is 1. The second-order valence-electron chi connectivity index (χ2n) is 10.8. The molecule has 6 rings (SSSR count). The van der Waals surface area contributed by atoms with Crippen molar-refractivity contribution in [1.82, 2.24) is 19.4 Å². The van der Waals surface area contributed by atoms with Gasteiger partial charge in [-0.05, 0) is 55.2 Å². The van der Waals surface area contributed by atoms with Crippen LogP contribution >= 0.6 is 11.6 Å². The number of aromatic carboxylic acids is 1. The number of carbonyl (C=O) groups is 1. The highest BCUT2D eigenvalue weighted by molar-refractivity contribution is 6.31. The molecule has 1 atom stereocenters. The average Bonchev–Trinajstić information content (AvgIpc) is 3.26. The van der Waals surface area contributed by atoms with Gasteiger partial charge in [0.2, 0.25) is 5.88 Å². The number of fused-ring (bicyclic) bond motifs is 2. The number of imidazole rings is 1. The van der Waals surface area contributed by atoms with E-state index in [2.05, 4.69) is 9.97 Å². The van der Waals surface area contributed by atoms with Gasteiger partial charge in [-0.3, -0.25) is 4.90 Å². The largest absolute Gasteiger partial charge is 0.478 e. The molecule has 8 nitrogen and oxygen atoms in total. The van der Waals surface area contributed by atoms with E-state index in [1.807, 2.05) is 11.8 Å². The summed E-state index contributed by atoms with van der Waals surface area (Å²) in [6, 6.07) is 8.96. The Morgan fingerprint density at radius 2 is 2.00 bits per heavy atom. The molecule has 1 saturated heterocycles. The molecule has 0 saturated carbocycles. The zero-order chi connectivity index (χ0) is 30.5. The molecule has 13 heteroatoms. The molecule has 43 heavy (non-hydrogen) atoms. The van der Waals surface area contributed by atoms with E-state index >= 15 is 4.39 Å². The molecular formula is C30H27ClF4N4O4. The van der Waals surface area contributed by atoms with Gasteiger partial charge in [0, 0.05) is 30.3 Å². The number of nitrogens with zero attached hydrogens (tertiary/aromatic N) is 4.